The van der Waals surface area contributed by atoms with Crippen LogP contribution < -0.4 is 21.5 Å². The third-order valence-corrected chi connectivity index (χ3v) is 8.17. The van der Waals surface area contributed by atoms with Gasteiger partial charge in [-0.3, -0.25) is 18.7 Å². The minimum atomic E-state index is -4.52. The topological polar surface area (TPSA) is 107 Å². The van der Waals surface area contributed by atoms with E-state index in [1.165, 1.54) is 17.7 Å². The Hall–Kier alpha value is -3.65. The lowest BCUT2D eigenvalue weighted by Crippen LogP contribution is -2.47. The van der Waals surface area contributed by atoms with Gasteiger partial charge in [-0.05, 0) is 30.0 Å². The van der Waals surface area contributed by atoms with Crippen LogP contribution in [0.2, 0.25) is 0 Å². The van der Waals surface area contributed by atoms with Crippen molar-refractivity contribution in [1.82, 2.24) is 28.9 Å². The van der Waals surface area contributed by atoms with Gasteiger partial charge in [0.05, 0.1) is 25.3 Å². The molecule has 1 N–H and O–H groups in total. The fraction of sp³-hybridized carbons (Fsp3) is 0.538. The number of amides is 1. The SMILES string of the molecule is Cn1c(=O)n(CC(=O)N2CCOCC2)c(=O)c2c1nc(N1CCC3CNCC31)n2Cc1cccc(C(F)(F)F)c1. The van der Waals surface area contributed by atoms with E-state index in [0.29, 0.717) is 56.8 Å². The summed E-state index contributed by atoms with van der Waals surface area (Å²) in [4.78, 5) is 48.5. The number of benzene rings is 1. The zero-order valence-corrected chi connectivity index (χ0v) is 22.0. The van der Waals surface area contributed by atoms with Gasteiger partial charge in [0.2, 0.25) is 11.9 Å². The first-order valence-corrected chi connectivity index (χ1v) is 13.3. The van der Waals surface area contributed by atoms with E-state index in [4.69, 9.17) is 9.72 Å². The third-order valence-electron chi connectivity index (χ3n) is 8.17. The van der Waals surface area contributed by atoms with E-state index < -0.39 is 29.5 Å². The highest BCUT2D eigenvalue weighted by atomic mass is 19.4. The Labute approximate surface area is 226 Å². The first kappa shape index (κ1) is 26.6. The van der Waals surface area contributed by atoms with Gasteiger partial charge in [-0.25, -0.2) is 9.36 Å². The van der Waals surface area contributed by atoms with Gasteiger partial charge in [0.1, 0.15) is 6.54 Å². The largest absolute Gasteiger partial charge is 0.416 e. The number of hydrogen-bond acceptors (Lipinski definition) is 7. The zero-order chi connectivity index (χ0) is 28.2. The van der Waals surface area contributed by atoms with Crippen molar-refractivity contribution in [3.05, 3.63) is 56.2 Å². The lowest BCUT2D eigenvalue weighted by atomic mass is 10.1. The lowest BCUT2D eigenvalue weighted by molar-refractivity contribution is -0.137. The number of anilines is 1. The van der Waals surface area contributed by atoms with Crippen LogP contribution in [0.3, 0.4) is 0 Å². The molecule has 5 heterocycles. The number of carbonyl (C=O) groups excluding carboxylic acids is 1. The van der Waals surface area contributed by atoms with Gasteiger partial charge >= 0.3 is 11.9 Å². The predicted octanol–water partition coefficient (Wildman–Crippen LogP) is 0.621. The molecule has 3 aliphatic rings. The molecule has 40 heavy (non-hydrogen) atoms. The minimum Gasteiger partial charge on any atom is -0.378 e. The summed E-state index contributed by atoms with van der Waals surface area (Å²) in [5.41, 5.74) is -1.65. The van der Waals surface area contributed by atoms with Gasteiger partial charge in [0.25, 0.3) is 5.56 Å². The summed E-state index contributed by atoms with van der Waals surface area (Å²) in [6.07, 6.45) is -3.62. The lowest BCUT2D eigenvalue weighted by Gasteiger charge is -2.27. The van der Waals surface area contributed by atoms with Crippen molar-refractivity contribution in [3.63, 3.8) is 0 Å². The summed E-state index contributed by atoms with van der Waals surface area (Å²) in [7, 11) is 1.48. The average Bonchev–Trinajstić information content (AvgIpc) is 3.65. The molecule has 0 spiro atoms. The number of aromatic nitrogens is 4. The summed E-state index contributed by atoms with van der Waals surface area (Å²) in [5, 5.41) is 3.37. The van der Waals surface area contributed by atoms with Crippen molar-refractivity contribution in [2.75, 3.05) is 50.8 Å². The predicted molar refractivity (Wildman–Crippen MR) is 139 cm³/mol. The van der Waals surface area contributed by atoms with E-state index in [-0.39, 0.29) is 29.7 Å². The zero-order valence-electron chi connectivity index (χ0n) is 22.0. The van der Waals surface area contributed by atoms with Gasteiger partial charge in [0, 0.05) is 45.8 Å². The number of rotatable bonds is 5. The van der Waals surface area contributed by atoms with Crippen molar-refractivity contribution in [1.29, 1.82) is 0 Å². The summed E-state index contributed by atoms with van der Waals surface area (Å²) in [6.45, 7) is 3.18. The first-order valence-electron chi connectivity index (χ1n) is 13.3. The highest BCUT2D eigenvalue weighted by Crippen LogP contribution is 2.34. The number of carbonyl (C=O) groups is 1. The number of nitrogens with one attached hydrogen (secondary N) is 1. The quantitative estimate of drug-likeness (QED) is 0.487. The average molecular weight is 562 g/mol. The van der Waals surface area contributed by atoms with Gasteiger partial charge in [-0.2, -0.15) is 18.2 Å². The normalized spacial score (nSPS) is 21.4. The first-order chi connectivity index (χ1) is 19.1. The summed E-state index contributed by atoms with van der Waals surface area (Å²) < 4.78 is 49.5. The standard InChI is InChI=1S/C26H30F3N7O4/c1-32-22-21(23(38)36(25(32)39)15-20(37)33-7-9-40-10-8-33)35(14-16-3-2-4-18(11-16)26(27,28)29)24(31-22)34-6-5-17-12-30-13-19(17)34/h2-4,11,17,19,30H,5-10,12-15H2,1H3. The highest BCUT2D eigenvalue weighted by Gasteiger charge is 2.40. The van der Waals surface area contributed by atoms with E-state index >= 15 is 0 Å². The van der Waals surface area contributed by atoms with Crippen LogP contribution in [0.25, 0.3) is 11.2 Å². The number of fused-ring (bicyclic) bond motifs is 2. The Morgan fingerprint density at radius 3 is 2.65 bits per heavy atom. The van der Waals surface area contributed by atoms with E-state index in [1.54, 1.807) is 15.5 Å². The van der Waals surface area contributed by atoms with E-state index in [0.717, 1.165) is 29.7 Å². The number of imidazole rings is 1. The maximum Gasteiger partial charge on any atom is 0.416 e. The van der Waals surface area contributed by atoms with E-state index in [9.17, 15) is 27.6 Å². The number of morpholine rings is 1. The Bertz CT molecular complexity index is 1570. The van der Waals surface area contributed by atoms with Crippen LogP contribution in [0.1, 0.15) is 17.5 Å². The van der Waals surface area contributed by atoms with Crippen LogP contribution in [0.4, 0.5) is 19.1 Å². The molecule has 3 aliphatic heterocycles. The molecule has 1 aromatic carbocycles. The molecular weight excluding hydrogens is 531 g/mol. The Morgan fingerprint density at radius 2 is 1.90 bits per heavy atom. The molecule has 0 aliphatic carbocycles. The molecule has 11 nitrogen and oxygen atoms in total. The molecule has 6 rings (SSSR count). The smallest absolute Gasteiger partial charge is 0.378 e. The maximum absolute atomic E-state index is 13.9. The van der Waals surface area contributed by atoms with Gasteiger partial charge in [0.15, 0.2) is 11.2 Å². The van der Waals surface area contributed by atoms with Gasteiger partial charge in [-0.15, -0.1) is 0 Å². The highest BCUT2D eigenvalue weighted by molar-refractivity contribution is 5.78. The maximum atomic E-state index is 13.9. The molecule has 0 saturated carbocycles. The van der Waals surface area contributed by atoms with E-state index in [2.05, 4.69) is 10.2 Å². The van der Waals surface area contributed by atoms with Crippen LogP contribution in [0.5, 0.6) is 0 Å². The van der Waals surface area contributed by atoms with Crippen molar-refractivity contribution in [2.24, 2.45) is 13.0 Å². The molecule has 2 unspecified atom stereocenters. The molecular formula is C26H30F3N7O4. The Morgan fingerprint density at radius 1 is 1.12 bits per heavy atom. The minimum absolute atomic E-state index is 0.0675. The molecule has 3 aromatic rings. The molecule has 2 aromatic heterocycles. The van der Waals surface area contributed by atoms with E-state index in [1.807, 2.05) is 0 Å². The van der Waals surface area contributed by atoms with Crippen molar-refractivity contribution in [3.8, 4) is 0 Å². The van der Waals surface area contributed by atoms with Crippen molar-refractivity contribution in [2.45, 2.75) is 31.7 Å². The summed E-state index contributed by atoms with van der Waals surface area (Å²) in [5.74, 6) is 0.423. The van der Waals surface area contributed by atoms with Crippen molar-refractivity contribution >= 4 is 23.0 Å². The molecule has 0 radical (unpaired) electrons. The van der Waals surface area contributed by atoms with Crippen LogP contribution in [0.15, 0.2) is 33.9 Å². The molecule has 3 saturated heterocycles. The number of ether oxygens (including phenoxy) is 1. The molecule has 0 bridgehead atoms. The molecule has 14 heteroatoms. The van der Waals surface area contributed by atoms with Crippen LogP contribution in [-0.2, 0) is 35.8 Å². The molecule has 214 valence electrons. The second kappa shape index (κ2) is 10.1. The molecule has 1 amide bonds. The fourth-order valence-electron chi connectivity index (χ4n) is 6.04. The Kier molecular flexibility index (Phi) is 6.69. The monoisotopic (exact) mass is 561 g/mol. The summed E-state index contributed by atoms with van der Waals surface area (Å²) in [6, 6.07) is 5.07. The van der Waals surface area contributed by atoms with Gasteiger partial charge in [-0.1, -0.05) is 12.1 Å². The van der Waals surface area contributed by atoms with Gasteiger partial charge < -0.3 is 19.9 Å². The van der Waals surface area contributed by atoms with Crippen LogP contribution >= 0.6 is 0 Å². The number of hydrogen-bond donors (Lipinski definition) is 1. The van der Waals surface area contributed by atoms with Crippen LogP contribution in [-0.4, -0.2) is 81.5 Å². The third kappa shape index (κ3) is 4.58. The molecule has 2 atom stereocenters. The second-order valence-corrected chi connectivity index (χ2v) is 10.6. The van der Waals surface area contributed by atoms with Crippen molar-refractivity contribution < 1.29 is 22.7 Å². The Balaban J connectivity index is 1.49. The number of aryl methyl sites for hydroxylation is 1. The summed E-state index contributed by atoms with van der Waals surface area (Å²) >= 11 is 0. The molecule has 3 fully saturated rings. The number of alkyl halides is 3. The number of halogens is 3. The van der Waals surface area contributed by atoms with Crippen LogP contribution in [0, 0.1) is 5.92 Å². The number of nitrogens with zero attached hydrogens (tertiary/aromatic N) is 6. The second-order valence-electron chi connectivity index (χ2n) is 10.6. The fourth-order valence-corrected chi connectivity index (χ4v) is 6.04.